The van der Waals surface area contributed by atoms with E-state index in [9.17, 15) is 0 Å². The highest BCUT2D eigenvalue weighted by Gasteiger charge is 2.52. The molecule has 1 N–H and O–H groups in total. The van der Waals surface area contributed by atoms with E-state index in [4.69, 9.17) is 0 Å². The summed E-state index contributed by atoms with van der Waals surface area (Å²) >= 11 is 2.10. The van der Waals surface area contributed by atoms with Gasteiger partial charge in [-0.25, -0.2) is 0 Å². The Labute approximate surface area is 102 Å². The molecule has 0 aromatic carbocycles. The molecule has 2 nitrogen and oxygen atoms in total. The Balaban J connectivity index is 1.72. The summed E-state index contributed by atoms with van der Waals surface area (Å²) in [6.07, 6.45) is 8.15. The van der Waals surface area contributed by atoms with Gasteiger partial charge >= 0.3 is 0 Å². The lowest BCUT2D eigenvalue weighted by Gasteiger charge is -2.41. The zero-order valence-electron chi connectivity index (χ0n) is 9.64. The van der Waals surface area contributed by atoms with E-state index in [2.05, 4.69) is 33.6 Å². The Kier molecular flexibility index (Phi) is 2.26. The number of hydrogen-bond acceptors (Lipinski definition) is 3. The third-order valence-corrected chi connectivity index (χ3v) is 6.24. The van der Waals surface area contributed by atoms with E-state index in [0.717, 1.165) is 29.2 Å². The molecule has 0 spiro atoms. The Hall–Kier alpha value is -0.150. The van der Waals surface area contributed by atoms with Gasteiger partial charge in [-0.15, -0.1) is 11.8 Å². The van der Waals surface area contributed by atoms with Crippen molar-refractivity contribution in [1.29, 1.82) is 0 Å². The summed E-state index contributed by atoms with van der Waals surface area (Å²) in [5.41, 5.74) is 0. The van der Waals surface area contributed by atoms with Gasteiger partial charge in [-0.05, 0) is 43.1 Å². The predicted molar refractivity (Wildman–Crippen MR) is 68.3 cm³/mol. The number of hydrogen-bond donors (Lipinski definition) is 1. The smallest absolute Gasteiger partial charge is 0.0441 e. The van der Waals surface area contributed by atoms with Crippen molar-refractivity contribution in [3.63, 3.8) is 0 Å². The lowest BCUT2D eigenvalue weighted by Crippen LogP contribution is -2.45. The first-order valence-electron chi connectivity index (χ1n) is 6.75. The van der Waals surface area contributed by atoms with Crippen LogP contribution >= 0.6 is 11.8 Å². The van der Waals surface area contributed by atoms with Gasteiger partial charge in [0.2, 0.25) is 0 Å². The maximum absolute atomic E-state index is 3.61. The number of nitrogens with one attached hydrogen (secondary N) is 1. The van der Waals surface area contributed by atoms with Crippen molar-refractivity contribution in [3.05, 3.63) is 11.6 Å². The second-order valence-electron chi connectivity index (χ2n) is 5.72. The first-order chi connectivity index (χ1) is 7.95. The third-order valence-electron chi connectivity index (χ3n) is 5.10. The quantitative estimate of drug-likeness (QED) is 0.693. The molecule has 0 aromatic heterocycles. The fourth-order valence-corrected chi connectivity index (χ4v) is 5.73. The van der Waals surface area contributed by atoms with Crippen LogP contribution in [0.2, 0.25) is 0 Å². The second-order valence-corrected chi connectivity index (χ2v) is 6.87. The summed E-state index contributed by atoms with van der Waals surface area (Å²) in [6.45, 7) is 2.50. The highest BCUT2D eigenvalue weighted by atomic mass is 32.2. The zero-order valence-corrected chi connectivity index (χ0v) is 10.5. The van der Waals surface area contributed by atoms with Crippen molar-refractivity contribution in [2.75, 3.05) is 13.1 Å². The van der Waals surface area contributed by atoms with Gasteiger partial charge in [0, 0.05) is 30.1 Å². The molecule has 5 unspecified atom stereocenters. The molecule has 1 saturated carbocycles. The van der Waals surface area contributed by atoms with Gasteiger partial charge < -0.3 is 10.2 Å². The van der Waals surface area contributed by atoms with Crippen LogP contribution in [0.5, 0.6) is 0 Å². The molecule has 2 saturated heterocycles. The molecule has 0 aromatic rings. The summed E-state index contributed by atoms with van der Waals surface area (Å²) in [4.78, 5) is 2.75. The molecule has 5 atom stereocenters. The molecular weight excluding hydrogens is 216 g/mol. The first-order valence-corrected chi connectivity index (χ1v) is 7.70. The molecule has 1 aliphatic carbocycles. The average molecular weight is 236 g/mol. The Bertz CT molecular complexity index is 317. The van der Waals surface area contributed by atoms with Crippen LogP contribution in [-0.2, 0) is 0 Å². The monoisotopic (exact) mass is 236 g/mol. The second kappa shape index (κ2) is 3.67. The van der Waals surface area contributed by atoms with Crippen LogP contribution in [0.4, 0.5) is 0 Å². The van der Waals surface area contributed by atoms with Crippen molar-refractivity contribution in [3.8, 4) is 0 Å². The van der Waals surface area contributed by atoms with Crippen molar-refractivity contribution >= 4 is 11.8 Å². The number of rotatable bonds is 0. The van der Waals surface area contributed by atoms with Gasteiger partial charge in [0.05, 0.1) is 0 Å². The van der Waals surface area contributed by atoms with Crippen molar-refractivity contribution in [2.24, 2.45) is 11.8 Å². The van der Waals surface area contributed by atoms with E-state index < -0.39 is 0 Å². The SMILES string of the molecule is C1=CN2C3CCNCC3C3CCCC(S1)C32. The van der Waals surface area contributed by atoms with E-state index in [1.54, 1.807) is 0 Å². The summed E-state index contributed by atoms with van der Waals surface area (Å²) in [7, 11) is 0. The Morgan fingerprint density at radius 3 is 3.19 bits per heavy atom. The van der Waals surface area contributed by atoms with E-state index in [1.165, 1.54) is 38.8 Å². The lowest BCUT2D eigenvalue weighted by atomic mass is 9.76. The van der Waals surface area contributed by atoms with Crippen LogP contribution in [0.25, 0.3) is 0 Å². The number of thioether (sulfide) groups is 1. The summed E-state index contributed by atoms with van der Waals surface area (Å²) in [6, 6.07) is 1.73. The first kappa shape index (κ1) is 9.84. The molecular formula is C13H20N2S. The summed E-state index contributed by atoms with van der Waals surface area (Å²) < 4.78 is 0. The van der Waals surface area contributed by atoms with Crippen molar-refractivity contribution in [1.82, 2.24) is 10.2 Å². The highest BCUT2D eigenvalue weighted by molar-refractivity contribution is 8.02. The van der Waals surface area contributed by atoms with Gasteiger partial charge in [0.15, 0.2) is 0 Å². The summed E-state index contributed by atoms with van der Waals surface area (Å²) in [5, 5.41) is 6.86. The minimum atomic E-state index is 0.856. The van der Waals surface area contributed by atoms with Crippen molar-refractivity contribution in [2.45, 2.75) is 43.0 Å². The molecule has 3 heteroatoms. The molecule has 4 aliphatic rings. The van der Waals surface area contributed by atoms with Gasteiger partial charge in [-0.3, -0.25) is 0 Å². The Morgan fingerprint density at radius 2 is 2.19 bits per heavy atom. The van der Waals surface area contributed by atoms with Crippen LogP contribution in [0.15, 0.2) is 11.6 Å². The molecule has 88 valence electrons. The van der Waals surface area contributed by atoms with E-state index in [1.807, 2.05) is 0 Å². The van der Waals surface area contributed by atoms with Crippen molar-refractivity contribution < 1.29 is 0 Å². The molecule has 3 fully saturated rings. The van der Waals surface area contributed by atoms with E-state index in [-0.39, 0.29) is 0 Å². The molecule has 0 radical (unpaired) electrons. The summed E-state index contributed by atoms with van der Waals surface area (Å²) in [5.74, 6) is 1.92. The molecule has 3 aliphatic heterocycles. The lowest BCUT2D eigenvalue weighted by molar-refractivity contribution is 0.209. The number of fused-ring (bicyclic) bond motifs is 3. The fraction of sp³-hybridized carbons (Fsp3) is 0.846. The van der Waals surface area contributed by atoms with E-state index in [0.29, 0.717) is 0 Å². The van der Waals surface area contributed by atoms with E-state index >= 15 is 0 Å². The van der Waals surface area contributed by atoms with Crippen LogP contribution in [0.3, 0.4) is 0 Å². The number of nitrogens with zero attached hydrogens (tertiary/aromatic N) is 1. The van der Waals surface area contributed by atoms with Gasteiger partial charge in [-0.1, -0.05) is 6.42 Å². The molecule has 4 rings (SSSR count). The normalized spacial score (nSPS) is 50.0. The molecule has 3 heterocycles. The van der Waals surface area contributed by atoms with Gasteiger partial charge in [0.25, 0.3) is 0 Å². The largest absolute Gasteiger partial charge is 0.369 e. The van der Waals surface area contributed by atoms with Crippen LogP contribution < -0.4 is 5.32 Å². The maximum atomic E-state index is 3.61. The maximum Gasteiger partial charge on any atom is 0.0441 e. The zero-order chi connectivity index (χ0) is 10.5. The Morgan fingerprint density at radius 1 is 1.19 bits per heavy atom. The van der Waals surface area contributed by atoms with Gasteiger partial charge in [-0.2, -0.15) is 0 Å². The number of piperidine rings is 1. The highest BCUT2D eigenvalue weighted by Crippen LogP contribution is 2.50. The fourth-order valence-electron chi connectivity index (χ4n) is 4.51. The average Bonchev–Trinajstić information content (AvgIpc) is 2.68. The van der Waals surface area contributed by atoms with Crippen LogP contribution in [-0.4, -0.2) is 35.3 Å². The molecule has 16 heavy (non-hydrogen) atoms. The molecule has 0 amide bonds. The van der Waals surface area contributed by atoms with Crippen LogP contribution in [0, 0.1) is 11.8 Å². The third kappa shape index (κ3) is 1.25. The minimum Gasteiger partial charge on any atom is -0.369 e. The van der Waals surface area contributed by atoms with Crippen LogP contribution in [0.1, 0.15) is 25.7 Å². The standard InChI is InChI=1S/C13H20N2S/c1-2-9-10-8-14-5-4-11(10)15-6-7-16-12(3-1)13(9)15/h6-7,9-14H,1-5,8H2. The predicted octanol–water partition coefficient (Wildman–Crippen LogP) is 2.04. The minimum absolute atomic E-state index is 0.856. The van der Waals surface area contributed by atoms with Gasteiger partial charge in [0.1, 0.15) is 0 Å². The topological polar surface area (TPSA) is 15.3 Å². The molecule has 0 bridgehead atoms.